The molecule has 2 N–H and O–H groups in total. The maximum absolute atomic E-state index is 13.7. The van der Waals surface area contributed by atoms with E-state index >= 15 is 0 Å². The summed E-state index contributed by atoms with van der Waals surface area (Å²) in [6.07, 6.45) is -3.84. The van der Waals surface area contributed by atoms with E-state index in [1.54, 1.807) is 0 Å². The molecular weight excluding hydrogens is 436 g/mol. The van der Waals surface area contributed by atoms with Crippen molar-refractivity contribution in [2.75, 3.05) is 13.1 Å². The Balaban J connectivity index is 2.05. The predicted octanol–water partition coefficient (Wildman–Crippen LogP) is 4.71. The fraction of sp³-hybridized carbons (Fsp3) is 0.333. The zero-order chi connectivity index (χ0) is 20.5. The monoisotopic (exact) mass is 452 g/mol. The first kappa shape index (κ1) is 21.4. The Kier molecular flexibility index (Phi) is 6.26. The smallest absolute Gasteiger partial charge is 0.317 e. The minimum Gasteiger partial charge on any atom is -0.317 e. The fourth-order valence-corrected chi connectivity index (χ4v) is 5.01. The molecule has 1 aliphatic heterocycles. The third kappa shape index (κ3) is 4.80. The second-order valence-electron chi connectivity index (χ2n) is 6.48. The molecule has 0 bridgehead atoms. The molecule has 0 aromatic heterocycles. The van der Waals surface area contributed by atoms with E-state index in [9.17, 15) is 21.6 Å². The van der Waals surface area contributed by atoms with E-state index in [1.165, 1.54) is 24.3 Å². The molecular formula is C18H17Cl2F3N2O2S. The van der Waals surface area contributed by atoms with Crippen LogP contribution in [0.15, 0.2) is 41.3 Å². The summed E-state index contributed by atoms with van der Waals surface area (Å²) >= 11 is 12.0. The van der Waals surface area contributed by atoms with E-state index < -0.39 is 32.7 Å². The van der Waals surface area contributed by atoms with E-state index in [1.807, 2.05) is 0 Å². The number of benzene rings is 2. The average molecular weight is 453 g/mol. The van der Waals surface area contributed by atoms with Crippen LogP contribution < -0.4 is 10.0 Å². The molecule has 4 nitrogen and oxygen atoms in total. The number of rotatable bonds is 4. The highest BCUT2D eigenvalue weighted by Crippen LogP contribution is 2.39. The number of hydrogen-bond acceptors (Lipinski definition) is 3. The van der Waals surface area contributed by atoms with Crippen molar-refractivity contribution in [2.45, 2.75) is 30.0 Å². The number of sulfonamides is 1. The van der Waals surface area contributed by atoms with Crippen LogP contribution in [0.2, 0.25) is 10.0 Å². The molecule has 0 radical (unpaired) electrons. The summed E-state index contributed by atoms with van der Waals surface area (Å²) in [6.45, 7) is 1.21. The lowest BCUT2D eigenvalue weighted by Crippen LogP contribution is -2.43. The highest BCUT2D eigenvalue weighted by atomic mass is 35.5. The summed E-state index contributed by atoms with van der Waals surface area (Å²) in [7, 11) is -4.35. The number of halogens is 5. The topological polar surface area (TPSA) is 58.2 Å². The van der Waals surface area contributed by atoms with Crippen molar-refractivity contribution >= 4 is 33.2 Å². The predicted molar refractivity (Wildman–Crippen MR) is 103 cm³/mol. The first-order valence-corrected chi connectivity index (χ1v) is 10.7. The highest BCUT2D eigenvalue weighted by Gasteiger charge is 2.38. The van der Waals surface area contributed by atoms with Gasteiger partial charge in [-0.2, -0.15) is 13.2 Å². The molecule has 0 saturated carbocycles. The first-order valence-electron chi connectivity index (χ1n) is 8.47. The molecule has 0 aliphatic carbocycles. The lowest BCUT2D eigenvalue weighted by Gasteiger charge is -2.24. The highest BCUT2D eigenvalue weighted by molar-refractivity contribution is 7.89. The Morgan fingerprint density at radius 2 is 1.71 bits per heavy atom. The summed E-state index contributed by atoms with van der Waals surface area (Å²) in [5.74, 6) is 0. The van der Waals surface area contributed by atoms with Gasteiger partial charge in [0, 0.05) is 21.7 Å². The summed E-state index contributed by atoms with van der Waals surface area (Å²) < 4.78 is 68.7. The maximum atomic E-state index is 13.7. The quantitative estimate of drug-likeness (QED) is 0.705. The first-order chi connectivity index (χ1) is 13.1. The Bertz CT molecular complexity index is 975. The lowest BCUT2D eigenvalue weighted by molar-refractivity contribution is -0.139. The molecule has 0 atom stereocenters. The Labute approximate surface area is 171 Å². The van der Waals surface area contributed by atoms with Gasteiger partial charge in [-0.25, -0.2) is 13.1 Å². The Morgan fingerprint density at radius 1 is 1.04 bits per heavy atom. The maximum Gasteiger partial charge on any atom is 0.417 e. The van der Waals surface area contributed by atoms with E-state index in [4.69, 9.17) is 23.2 Å². The van der Waals surface area contributed by atoms with Crippen LogP contribution in [0, 0.1) is 0 Å². The Morgan fingerprint density at radius 3 is 2.36 bits per heavy atom. The number of piperidine rings is 1. The number of hydrogen-bond donors (Lipinski definition) is 2. The third-order valence-electron chi connectivity index (χ3n) is 4.47. The third-order valence-corrected chi connectivity index (χ3v) is 6.62. The second kappa shape index (κ2) is 8.20. The van der Waals surface area contributed by atoms with E-state index in [-0.39, 0.29) is 16.1 Å². The van der Waals surface area contributed by atoms with Crippen LogP contribution in [-0.4, -0.2) is 27.5 Å². The van der Waals surface area contributed by atoms with Gasteiger partial charge in [0.1, 0.15) is 0 Å². The zero-order valence-electron chi connectivity index (χ0n) is 14.5. The van der Waals surface area contributed by atoms with Crippen LogP contribution in [0.25, 0.3) is 11.1 Å². The van der Waals surface area contributed by atoms with E-state index in [0.29, 0.717) is 31.0 Å². The minimum absolute atomic E-state index is 0.126. The number of alkyl halides is 3. The molecule has 152 valence electrons. The molecule has 1 aliphatic rings. The normalized spacial score (nSPS) is 16.3. The molecule has 2 aromatic carbocycles. The molecule has 1 heterocycles. The summed E-state index contributed by atoms with van der Waals surface area (Å²) in [6, 6.07) is 7.04. The van der Waals surface area contributed by atoms with Crippen molar-refractivity contribution in [1.29, 1.82) is 0 Å². The molecule has 2 aromatic rings. The van der Waals surface area contributed by atoms with Gasteiger partial charge in [0.2, 0.25) is 10.0 Å². The molecule has 1 saturated heterocycles. The van der Waals surface area contributed by atoms with E-state index in [2.05, 4.69) is 10.0 Å². The molecule has 0 spiro atoms. The SMILES string of the molecule is O=S(=O)(NC1CCNCC1)c1ccc(-c2cc(Cl)ccc2Cl)cc1C(F)(F)F. The molecule has 28 heavy (non-hydrogen) atoms. The second-order valence-corrected chi connectivity index (χ2v) is 9.00. The van der Waals surface area contributed by atoms with Crippen LogP contribution in [0.3, 0.4) is 0 Å². The Hall–Kier alpha value is -1.32. The summed E-state index contributed by atoms with van der Waals surface area (Å²) in [5.41, 5.74) is -0.835. The molecule has 0 unspecified atom stereocenters. The van der Waals surface area contributed by atoms with Crippen molar-refractivity contribution in [2.24, 2.45) is 0 Å². The zero-order valence-corrected chi connectivity index (χ0v) is 16.8. The van der Waals surface area contributed by atoms with Gasteiger partial charge < -0.3 is 5.32 Å². The standard InChI is InChI=1S/C18H17Cl2F3N2O2S/c19-12-2-3-16(20)14(10-12)11-1-4-17(15(9-11)18(21,22)23)28(26,27)25-13-5-7-24-8-6-13/h1-4,9-10,13,24-25H,5-8H2. The number of nitrogens with one attached hydrogen (secondary N) is 2. The van der Waals surface area contributed by atoms with Gasteiger partial charge in [0.25, 0.3) is 0 Å². The van der Waals surface area contributed by atoms with Crippen molar-refractivity contribution in [1.82, 2.24) is 10.0 Å². The van der Waals surface area contributed by atoms with E-state index in [0.717, 1.165) is 12.1 Å². The minimum atomic E-state index is -4.86. The van der Waals surface area contributed by atoms with Crippen LogP contribution in [0.5, 0.6) is 0 Å². The van der Waals surface area contributed by atoms with Gasteiger partial charge in [0.05, 0.1) is 10.5 Å². The largest absolute Gasteiger partial charge is 0.417 e. The molecule has 1 fully saturated rings. The van der Waals surface area contributed by atoms with Crippen molar-refractivity contribution in [3.63, 3.8) is 0 Å². The lowest BCUT2D eigenvalue weighted by atomic mass is 10.0. The van der Waals surface area contributed by atoms with Gasteiger partial charge in [-0.3, -0.25) is 0 Å². The summed E-state index contributed by atoms with van der Waals surface area (Å²) in [4.78, 5) is -0.805. The van der Waals surface area contributed by atoms with Crippen molar-refractivity contribution in [3.8, 4) is 11.1 Å². The molecule has 0 amide bonds. The van der Waals surface area contributed by atoms with Crippen LogP contribution in [0.1, 0.15) is 18.4 Å². The average Bonchev–Trinajstić information content (AvgIpc) is 2.63. The van der Waals surface area contributed by atoms with Gasteiger partial charge in [-0.1, -0.05) is 29.3 Å². The van der Waals surface area contributed by atoms with Gasteiger partial charge in [-0.05, 0) is 61.8 Å². The van der Waals surface area contributed by atoms with Crippen molar-refractivity contribution in [3.05, 3.63) is 52.0 Å². The fourth-order valence-electron chi connectivity index (χ4n) is 3.09. The molecule has 3 rings (SSSR count). The summed E-state index contributed by atoms with van der Waals surface area (Å²) in [5, 5.41) is 3.59. The van der Waals surface area contributed by atoms with Gasteiger partial charge in [-0.15, -0.1) is 0 Å². The van der Waals surface area contributed by atoms with Gasteiger partial charge >= 0.3 is 6.18 Å². The van der Waals surface area contributed by atoms with Crippen LogP contribution >= 0.6 is 23.2 Å². The van der Waals surface area contributed by atoms with Crippen LogP contribution in [0.4, 0.5) is 13.2 Å². The molecule has 10 heteroatoms. The van der Waals surface area contributed by atoms with Gasteiger partial charge in [0.15, 0.2) is 0 Å². The van der Waals surface area contributed by atoms with Crippen LogP contribution in [-0.2, 0) is 16.2 Å². The van der Waals surface area contributed by atoms with Crippen molar-refractivity contribution < 1.29 is 21.6 Å².